The zero-order valence-corrected chi connectivity index (χ0v) is 11.2. The Kier molecular flexibility index (Phi) is 5.57. The van der Waals surface area contributed by atoms with Gasteiger partial charge in [-0.15, -0.1) is 0 Å². The Morgan fingerprint density at radius 2 is 2.32 bits per heavy atom. The molecule has 1 aliphatic rings. The third-order valence-corrected chi connectivity index (χ3v) is 3.07. The minimum atomic E-state index is -0.935. The average Bonchev–Trinajstić information content (AvgIpc) is 2.38. The van der Waals surface area contributed by atoms with Crippen molar-refractivity contribution >= 4 is 12.0 Å². The van der Waals surface area contributed by atoms with E-state index >= 15 is 0 Å². The Hall–Kier alpha value is -1.81. The molecule has 1 aliphatic heterocycles. The van der Waals surface area contributed by atoms with E-state index in [1.165, 1.54) is 4.90 Å². The third kappa shape index (κ3) is 4.10. The van der Waals surface area contributed by atoms with Crippen molar-refractivity contribution in [2.45, 2.75) is 32.4 Å². The maximum atomic E-state index is 12.3. The van der Waals surface area contributed by atoms with Gasteiger partial charge < -0.3 is 19.6 Å². The topological polar surface area (TPSA) is 93.9 Å². The molecule has 2 amide bonds. The molecule has 1 fully saturated rings. The van der Waals surface area contributed by atoms with Gasteiger partial charge in [0.15, 0.2) is 6.10 Å². The van der Waals surface area contributed by atoms with Gasteiger partial charge in [0, 0.05) is 19.1 Å². The summed E-state index contributed by atoms with van der Waals surface area (Å²) in [5, 5.41) is 17.6. The highest BCUT2D eigenvalue weighted by Crippen LogP contribution is 2.12. The smallest absolute Gasteiger partial charge is 0.320 e. The van der Waals surface area contributed by atoms with Crippen molar-refractivity contribution in [3.05, 3.63) is 0 Å². The van der Waals surface area contributed by atoms with Crippen molar-refractivity contribution in [3.63, 3.8) is 0 Å². The van der Waals surface area contributed by atoms with Crippen LogP contribution in [-0.2, 0) is 9.53 Å². The molecule has 1 saturated heterocycles. The van der Waals surface area contributed by atoms with Gasteiger partial charge in [-0.25, -0.2) is 4.79 Å². The molecule has 0 aromatic rings. The number of carboxylic acids is 1. The summed E-state index contributed by atoms with van der Waals surface area (Å²) in [6.07, 6.45) is -0.697. The van der Waals surface area contributed by atoms with Crippen LogP contribution in [0.1, 0.15) is 20.3 Å². The zero-order chi connectivity index (χ0) is 14.4. The highest BCUT2D eigenvalue weighted by Gasteiger charge is 2.29. The van der Waals surface area contributed by atoms with E-state index in [0.717, 1.165) is 0 Å². The van der Waals surface area contributed by atoms with Gasteiger partial charge in [0.05, 0.1) is 25.6 Å². The van der Waals surface area contributed by atoms with Crippen molar-refractivity contribution < 1.29 is 19.4 Å². The summed E-state index contributed by atoms with van der Waals surface area (Å²) in [6.45, 7) is 4.92. The van der Waals surface area contributed by atoms with E-state index in [1.54, 1.807) is 18.7 Å². The van der Waals surface area contributed by atoms with Crippen LogP contribution in [0.5, 0.6) is 0 Å². The van der Waals surface area contributed by atoms with Crippen molar-refractivity contribution in [2.24, 2.45) is 0 Å². The predicted molar refractivity (Wildman–Crippen MR) is 66.4 cm³/mol. The number of carboxylic acid groups (broad SMARTS) is 1. The lowest BCUT2D eigenvalue weighted by Crippen LogP contribution is -2.53. The van der Waals surface area contributed by atoms with E-state index in [2.05, 4.69) is 0 Å². The number of aliphatic carboxylic acids is 1. The number of amides is 2. The molecule has 7 heteroatoms. The fraction of sp³-hybridized carbons (Fsp3) is 0.750. The number of ether oxygens (including phenoxy) is 1. The van der Waals surface area contributed by atoms with Crippen molar-refractivity contribution in [1.29, 1.82) is 5.26 Å². The molecule has 0 aromatic heterocycles. The molecular weight excluding hydrogens is 250 g/mol. The molecule has 1 rings (SSSR count). The monoisotopic (exact) mass is 269 g/mol. The minimum Gasteiger partial charge on any atom is -0.481 e. The summed E-state index contributed by atoms with van der Waals surface area (Å²) >= 11 is 0. The van der Waals surface area contributed by atoms with E-state index in [9.17, 15) is 9.59 Å². The Morgan fingerprint density at radius 1 is 1.63 bits per heavy atom. The normalized spacial score (nSPS) is 20.5. The Balaban J connectivity index is 2.67. The third-order valence-electron chi connectivity index (χ3n) is 3.07. The van der Waals surface area contributed by atoms with Crippen LogP contribution in [0.15, 0.2) is 0 Å². The van der Waals surface area contributed by atoms with Gasteiger partial charge in [-0.1, -0.05) is 0 Å². The molecule has 1 heterocycles. The molecule has 0 aliphatic carbocycles. The second kappa shape index (κ2) is 6.95. The second-order valence-electron chi connectivity index (χ2n) is 4.45. The summed E-state index contributed by atoms with van der Waals surface area (Å²) < 4.78 is 5.18. The van der Waals surface area contributed by atoms with Crippen LogP contribution >= 0.6 is 0 Å². The summed E-state index contributed by atoms with van der Waals surface area (Å²) in [5.41, 5.74) is 0. The second-order valence-corrected chi connectivity index (χ2v) is 4.45. The average molecular weight is 269 g/mol. The molecule has 1 N–H and O–H groups in total. The number of carbonyl (C=O) groups excluding carboxylic acids is 1. The van der Waals surface area contributed by atoms with Crippen LogP contribution in [0.3, 0.4) is 0 Å². The SMILES string of the molecule is CCN(C(=O)N1CCOC(C#N)C1)C(C)CC(=O)O. The number of urea groups is 1. The first kappa shape index (κ1) is 15.2. The highest BCUT2D eigenvalue weighted by molar-refractivity contribution is 5.76. The van der Waals surface area contributed by atoms with Gasteiger partial charge in [-0.05, 0) is 13.8 Å². The maximum Gasteiger partial charge on any atom is 0.320 e. The van der Waals surface area contributed by atoms with E-state index in [0.29, 0.717) is 19.7 Å². The lowest BCUT2D eigenvalue weighted by atomic mass is 10.2. The molecule has 2 unspecified atom stereocenters. The lowest BCUT2D eigenvalue weighted by Gasteiger charge is -2.36. The molecule has 0 bridgehead atoms. The summed E-state index contributed by atoms with van der Waals surface area (Å²) in [4.78, 5) is 26.1. The van der Waals surface area contributed by atoms with Crippen LogP contribution < -0.4 is 0 Å². The molecular formula is C12H19N3O4. The lowest BCUT2D eigenvalue weighted by molar-refractivity contribution is -0.138. The van der Waals surface area contributed by atoms with Crippen LogP contribution in [0.2, 0.25) is 0 Å². The van der Waals surface area contributed by atoms with Crippen LogP contribution in [0.25, 0.3) is 0 Å². The molecule has 0 radical (unpaired) electrons. The standard InChI is InChI=1S/C12H19N3O4/c1-3-15(9(2)6-11(16)17)12(18)14-4-5-19-10(7-13)8-14/h9-10H,3-6,8H2,1-2H3,(H,16,17). The fourth-order valence-electron chi connectivity index (χ4n) is 2.08. The van der Waals surface area contributed by atoms with E-state index < -0.39 is 12.1 Å². The predicted octanol–water partition coefficient (Wildman–Crippen LogP) is 0.516. The van der Waals surface area contributed by atoms with Crippen molar-refractivity contribution in [2.75, 3.05) is 26.2 Å². The molecule has 106 valence electrons. The van der Waals surface area contributed by atoms with Gasteiger partial charge >= 0.3 is 12.0 Å². The number of rotatable bonds is 4. The molecule has 19 heavy (non-hydrogen) atoms. The van der Waals surface area contributed by atoms with Gasteiger partial charge in [0.1, 0.15) is 0 Å². The highest BCUT2D eigenvalue weighted by atomic mass is 16.5. The van der Waals surface area contributed by atoms with Gasteiger partial charge in [0.2, 0.25) is 0 Å². The van der Waals surface area contributed by atoms with E-state index in [4.69, 9.17) is 15.1 Å². The van der Waals surface area contributed by atoms with E-state index in [-0.39, 0.29) is 25.0 Å². The Bertz CT molecular complexity index is 380. The molecule has 0 saturated carbocycles. The molecule has 0 aromatic carbocycles. The summed E-state index contributed by atoms with van der Waals surface area (Å²) in [7, 11) is 0. The first-order valence-electron chi connectivity index (χ1n) is 6.28. The van der Waals surface area contributed by atoms with E-state index in [1.807, 2.05) is 6.07 Å². The number of hydrogen-bond donors (Lipinski definition) is 1. The fourth-order valence-corrected chi connectivity index (χ4v) is 2.08. The maximum absolute atomic E-state index is 12.3. The Labute approximate surface area is 112 Å². The largest absolute Gasteiger partial charge is 0.481 e. The molecule has 0 spiro atoms. The first-order chi connectivity index (χ1) is 8.99. The quantitative estimate of drug-likeness (QED) is 0.802. The zero-order valence-electron chi connectivity index (χ0n) is 11.2. The summed E-state index contributed by atoms with van der Waals surface area (Å²) in [6, 6.07) is 1.37. The first-order valence-corrected chi connectivity index (χ1v) is 6.28. The molecule has 2 atom stereocenters. The van der Waals surface area contributed by atoms with Crippen LogP contribution in [-0.4, -0.2) is 65.3 Å². The minimum absolute atomic E-state index is 0.0917. The Morgan fingerprint density at radius 3 is 2.84 bits per heavy atom. The molecule has 7 nitrogen and oxygen atoms in total. The van der Waals surface area contributed by atoms with Crippen LogP contribution in [0.4, 0.5) is 4.79 Å². The van der Waals surface area contributed by atoms with Gasteiger partial charge in [0.25, 0.3) is 0 Å². The van der Waals surface area contributed by atoms with Gasteiger partial charge in [-0.2, -0.15) is 5.26 Å². The van der Waals surface area contributed by atoms with Crippen molar-refractivity contribution in [1.82, 2.24) is 9.80 Å². The number of carbonyl (C=O) groups is 2. The number of nitriles is 1. The number of morpholine rings is 1. The number of hydrogen-bond acceptors (Lipinski definition) is 4. The van der Waals surface area contributed by atoms with Crippen LogP contribution in [0, 0.1) is 11.3 Å². The van der Waals surface area contributed by atoms with Gasteiger partial charge in [-0.3, -0.25) is 4.79 Å². The van der Waals surface area contributed by atoms with Crippen molar-refractivity contribution in [3.8, 4) is 6.07 Å². The number of nitrogens with zero attached hydrogens (tertiary/aromatic N) is 3. The summed E-state index contributed by atoms with van der Waals surface area (Å²) in [5.74, 6) is -0.935.